The molecule has 164 valence electrons. The van der Waals surface area contributed by atoms with Gasteiger partial charge in [-0.05, 0) is 77.3 Å². The lowest BCUT2D eigenvalue weighted by atomic mass is 10.0. The number of nitrogens with one attached hydrogen (secondary N) is 1. The maximum Gasteiger partial charge on any atom is 0.245 e. The van der Waals surface area contributed by atoms with E-state index < -0.39 is 10.0 Å². The minimum Gasteiger partial charge on any atom is -0.382 e. The van der Waals surface area contributed by atoms with Crippen LogP contribution >= 0.6 is 0 Å². The Morgan fingerprint density at radius 1 is 1.07 bits per heavy atom. The molecule has 1 aliphatic heterocycles. The van der Waals surface area contributed by atoms with Gasteiger partial charge in [-0.1, -0.05) is 12.1 Å². The van der Waals surface area contributed by atoms with Crippen LogP contribution in [0.5, 0.6) is 0 Å². The van der Waals surface area contributed by atoms with Gasteiger partial charge in [-0.2, -0.15) is 4.31 Å². The molecule has 0 aliphatic carbocycles. The van der Waals surface area contributed by atoms with Crippen LogP contribution < -0.4 is 10.2 Å². The molecule has 1 fully saturated rings. The molecule has 2 aromatic rings. The summed E-state index contributed by atoms with van der Waals surface area (Å²) in [5, 5.41) is 3.62. The van der Waals surface area contributed by atoms with Crippen LogP contribution in [0.2, 0.25) is 0 Å². The second-order valence-electron chi connectivity index (χ2n) is 8.65. The topological polar surface area (TPSA) is 65.5 Å². The predicted molar refractivity (Wildman–Crippen MR) is 124 cm³/mol. The lowest BCUT2D eigenvalue weighted by molar-refractivity contribution is 0.302. The number of rotatable bonds is 7. The van der Waals surface area contributed by atoms with Crippen LogP contribution in [0.1, 0.15) is 46.1 Å². The average Bonchev–Trinajstić information content (AvgIpc) is 2.68. The minimum absolute atomic E-state index is 0.102. The summed E-state index contributed by atoms with van der Waals surface area (Å²) in [6, 6.07) is 12.2. The van der Waals surface area contributed by atoms with Crippen molar-refractivity contribution < 1.29 is 8.42 Å². The van der Waals surface area contributed by atoms with Crippen LogP contribution in [0.4, 0.5) is 11.5 Å². The summed E-state index contributed by atoms with van der Waals surface area (Å²) in [5.41, 5.74) is 2.42. The molecule has 30 heavy (non-hydrogen) atoms. The van der Waals surface area contributed by atoms with Gasteiger partial charge in [0.25, 0.3) is 0 Å². The van der Waals surface area contributed by atoms with Crippen molar-refractivity contribution in [1.29, 1.82) is 0 Å². The highest BCUT2D eigenvalue weighted by atomic mass is 32.2. The summed E-state index contributed by atoms with van der Waals surface area (Å²) in [7, 11) is -3.55. The van der Waals surface area contributed by atoms with Crippen molar-refractivity contribution in [2.24, 2.45) is 0 Å². The highest BCUT2D eigenvalue weighted by Crippen LogP contribution is 2.24. The Balaban J connectivity index is 1.63. The Bertz CT molecular complexity index is 926. The van der Waals surface area contributed by atoms with E-state index in [4.69, 9.17) is 0 Å². The van der Waals surface area contributed by atoms with Crippen molar-refractivity contribution in [3.63, 3.8) is 0 Å². The van der Waals surface area contributed by atoms with E-state index in [1.54, 1.807) is 6.07 Å². The van der Waals surface area contributed by atoms with Gasteiger partial charge in [0, 0.05) is 43.1 Å². The molecule has 2 heterocycles. The average molecular weight is 431 g/mol. The van der Waals surface area contributed by atoms with E-state index in [1.165, 1.54) is 21.8 Å². The lowest BCUT2D eigenvalue weighted by Crippen LogP contribution is -2.42. The zero-order valence-corrected chi connectivity index (χ0v) is 19.5. The number of aromatic nitrogens is 1. The highest BCUT2D eigenvalue weighted by Gasteiger charge is 2.30. The van der Waals surface area contributed by atoms with Crippen LogP contribution in [0.25, 0.3) is 0 Å². The van der Waals surface area contributed by atoms with E-state index in [-0.39, 0.29) is 17.0 Å². The van der Waals surface area contributed by atoms with Gasteiger partial charge in [-0.15, -0.1) is 0 Å². The Labute approximate surface area is 181 Å². The second-order valence-corrected chi connectivity index (χ2v) is 10.5. The predicted octanol–water partition coefficient (Wildman–Crippen LogP) is 4.28. The Hall–Kier alpha value is -2.12. The van der Waals surface area contributed by atoms with Gasteiger partial charge in [0.05, 0.1) is 0 Å². The first-order valence-corrected chi connectivity index (χ1v) is 12.2. The van der Waals surface area contributed by atoms with Crippen molar-refractivity contribution in [1.82, 2.24) is 9.29 Å². The minimum atomic E-state index is -3.55. The van der Waals surface area contributed by atoms with Crippen LogP contribution in [0.15, 0.2) is 47.5 Å². The van der Waals surface area contributed by atoms with Crippen molar-refractivity contribution in [2.75, 3.05) is 23.3 Å². The largest absolute Gasteiger partial charge is 0.382 e. The lowest BCUT2D eigenvalue weighted by Gasteiger charge is -2.34. The van der Waals surface area contributed by atoms with E-state index >= 15 is 0 Å². The van der Waals surface area contributed by atoms with Crippen LogP contribution in [-0.2, 0) is 10.0 Å². The smallest absolute Gasteiger partial charge is 0.245 e. The summed E-state index contributed by atoms with van der Waals surface area (Å²) >= 11 is 0. The third-order valence-electron chi connectivity index (χ3n) is 5.52. The zero-order valence-electron chi connectivity index (χ0n) is 18.7. The summed E-state index contributed by atoms with van der Waals surface area (Å²) in [5.74, 6) is 0.837. The number of hydrogen-bond donors (Lipinski definition) is 1. The first-order chi connectivity index (χ1) is 14.2. The molecule has 1 aromatic carbocycles. The molecule has 1 N–H and O–H groups in total. The first-order valence-electron chi connectivity index (χ1n) is 10.8. The molecule has 0 spiro atoms. The second kappa shape index (κ2) is 9.35. The summed E-state index contributed by atoms with van der Waals surface area (Å²) < 4.78 is 27.5. The molecule has 0 amide bonds. The number of aryl methyl sites for hydroxylation is 1. The van der Waals surface area contributed by atoms with E-state index in [0.717, 1.165) is 31.7 Å². The van der Waals surface area contributed by atoms with Gasteiger partial charge < -0.3 is 10.2 Å². The SMILES string of the molecule is Cc1cccc(NC2CCN(c3ccc(S(=O)(=O)N(C(C)C)C(C)C)cn3)CC2)c1. The maximum atomic E-state index is 13.0. The Morgan fingerprint density at radius 3 is 2.27 bits per heavy atom. The first kappa shape index (κ1) is 22.6. The molecule has 0 atom stereocenters. The summed E-state index contributed by atoms with van der Waals surface area (Å²) in [4.78, 5) is 6.97. The molecule has 0 radical (unpaired) electrons. The van der Waals surface area contributed by atoms with E-state index in [2.05, 4.69) is 46.4 Å². The third kappa shape index (κ3) is 5.13. The highest BCUT2D eigenvalue weighted by molar-refractivity contribution is 7.89. The van der Waals surface area contributed by atoms with Gasteiger partial charge >= 0.3 is 0 Å². The van der Waals surface area contributed by atoms with Gasteiger partial charge in [0.2, 0.25) is 10.0 Å². The molecule has 0 unspecified atom stereocenters. The van der Waals surface area contributed by atoms with Crippen molar-refractivity contribution in [3.8, 4) is 0 Å². The third-order valence-corrected chi connectivity index (χ3v) is 7.76. The molecular formula is C23H34N4O2S. The number of hydrogen-bond acceptors (Lipinski definition) is 5. The molecule has 1 aliphatic rings. The van der Waals surface area contributed by atoms with Gasteiger partial charge in [-0.25, -0.2) is 13.4 Å². The normalized spacial score (nSPS) is 15.9. The van der Waals surface area contributed by atoms with Crippen molar-refractivity contribution >= 4 is 21.5 Å². The Kier molecular flexibility index (Phi) is 7.03. The molecule has 0 saturated carbocycles. The number of piperidine rings is 1. The number of anilines is 2. The fraction of sp³-hybridized carbons (Fsp3) is 0.522. The van der Waals surface area contributed by atoms with Crippen molar-refractivity contribution in [3.05, 3.63) is 48.2 Å². The molecule has 3 rings (SSSR count). The van der Waals surface area contributed by atoms with Gasteiger partial charge in [-0.3, -0.25) is 0 Å². The molecule has 0 bridgehead atoms. The standard InChI is InChI=1S/C23H34N4O2S/c1-17(2)27(18(3)4)30(28,29)22-9-10-23(24-16-22)26-13-11-20(12-14-26)25-21-8-6-7-19(5)15-21/h6-10,15-18,20,25H,11-14H2,1-5H3. The summed E-state index contributed by atoms with van der Waals surface area (Å²) in [6.45, 7) is 11.5. The quantitative estimate of drug-likeness (QED) is 0.710. The number of nitrogens with zero attached hydrogens (tertiary/aromatic N) is 3. The molecule has 7 heteroatoms. The molecule has 1 saturated heterocycles. The summed E-state index contributed by atoms with van der Waals surface area (Å²) in [6.07, 6.45) is 3.54. The van der Waals surface area contributed by atoms with E-state index in [1.807, 2.05) is 33.8 Å². The van der Waals surface area contributed by atoms with Gasteiger partial charge in [0.15, 0.2) is 0 Å². The zero-order chi connectivity index (χ0) is 21.9. The fourth-order valence-corrected chi connectivity index (χ4v) is 5.99. The molecular weight excluding hydrogens is 396 g/mol. The van der Waals surface area contributed by atoms with Crippen molar-refractivity contribution in [2.45, 2.75) is 70.5 Å². The monoisotopic (exact) mass is 430 g/mol. The molecule has 1 aromatic heterocycles. The Morgan fingerprint density at radius 2 is 1.73 bits per heavy atom. The van der Waals surface area contributed by atoms with E-state index in [9.17, 15) is 8.42 Å². The number of pyridine rings is 1. The molecule has 6 nitrogen and oxygen atoms in total. The van der Waals surface area contributed by atoms with Gasteiger partial charge in [0.1, 0.15) is 10.7 Å². The van der Waals surface area contributed by atoms with E-state index in [0.29, 0.717) is 6.04 Å². The number of sulfonamides is 1. The fourth-order valence-electron chi connectivity index (χ4n) is 4.21. The number of benzene rings is 1. The van der Waals surface area contributed by atoms with Crippen LogP contribution in [0, 0.1) is 6.92 Å². The maximum absolute atomic E-state index is 13.0. The van der Waals surface area contributed by atoms with Crippen LogP contribution in [0.3, 0.4) is 0 Å². The van der Waals surface area contributed by atoms with Crippen LogP contribution in [-0.4, -0.2) is 48.9 Å².